The minimum Gasteiger partial charge on any atom is -0.497 e. The van der Waals surface area contributed by atoms with Crippen LogP contribution in [-0.2, 0) is 15.0 Å². The van der Waals surface area contributed by atoms with E-state index in [1.807, 2.05) is 36.4 Å². The predicted molar refractivity (Wildman–Crippen MR) is 147 cm³/mol. The number of carbonyl (C=O) groups is 2. The second-order valence-corrected chi connectivity index (χ2v) is 9.28. The predicted octanol–water partition coefficient (Wildman–Crippen LogP) is 6.72. The lowest BCUT2D eigenvalue weighted by molar-refractivity contribution is -0.136. The van der Waals surface area contributed by atoms with Gasteiger partial charge in [0.25, 0.3) is 0 Å². The molecule has 4 aromatic rings. The Hall–Kier alpha value is -4.78. The zero-order chi connectivity index (χ0) is 27.8. The molecule has 0 aliphatic carbocycles. The molecule has 0 unspecified atom stereocenters. The highest BCUT2D eigenvalue weighted by atomic mass is 16.6. The Morgan fingerprint density at radius 2 is 1.00 bits per heavy atom. The van der Waals surface area contributed by atoms with Crippen LogP contribution in [0.4, 0.5) is 0 Å². The van der Waals surface area contributed by atoms with E-state index in [-0.39, 0.29) is 18.0 Å². The molecule has 0 amide bonds. The number of hydrogen-bond acceptors (Lipinski definition) is 7. The van der Waals surface area contributed by atoms with E-state index in [0.29, 0.717) is 28.7 Å². The highest BCUT2D eigenvalue weighted by molar-refractivity contribution is 5.74. The summed E-state index contributed by atoms with van der Waals surface area (Å²) in [7, 11) is 1.65. The molecule has 0 saturated carbocycles. The number of hydrogen-bond donors (Lipinski definition) is 0. The van der Waals surface area contributed by atoms with E-state index in [0.717, 1.165) is 16.9 Å². The molecule has 0 aromatic heterocycles. The topological polar surface area (TPSA) is 80.3 Å². The van der Waals surface area contributed by atoms with Gasteiger partial charge in [-0.3, -0.25) is 4.79 Å². The van der Waals surface area contributed by atoms with Crippen LogP contribution in [0.5, 0.6) is 34.5 Å². The van der Waals surface area contributed by atoms with Gasteiger partial charge < -0.3 is 23.7 Å². The molecule has 7 heteroatoms. The van der Waals surface area contributed by atoms with Crippen LogP contribution in [0.3, 0.4) is 0 Å². The summed E-state index contributed by atoms with van der Waals surface area (Å²) in [5, 5.41) is 0. The van der Waals surface area contributed by atoms with E-state index in [1.165, 1.54) is 6.92 Å². The molecule has 0 N–H and O–H groups in total. The van der Waals surface area contributed by atoms with Crippen LogP contribution >= 0.6 is 0 Å². The van der Waals surface area contributed by atoms with Gasteiger partial charge in [-0.25, -0.2) is 4.79 Å². The van der Waals surface area contributed by atoms with Crippen molar-refractivity contribution in [2.45, 2.75) is 26.2 Å². The van der Waals surface area contributed by atoms with Gasteiger partial charge in [-0.2, -0.15) is 0 Å². The highest BCUT2D eigenvalue weighted by Gasteiger charge is 2.23. The summed E-state index contributed by atoms with van der Waals surface area (Å²) in [6, 6.07) is 29.0. The van der Waals surface area contributed by atoms with Gasteiger partial charge in [0.15, 0.2) is 6.61 Å². The van der Waals surface area contributed by atoms with Crippen molar-refractivity contribution >= 4 is 11.9 Å². The number of esters is 2. The summed E-state index contributed by atoms with van der Waals surface area (Å²) in [4.78, 5) is 23.4. The maximum absolute atomic E-state index is 12.3. The standard InChI is InChI=1S/C32H30O7/c1-22(33)37-27-17-19-29(20-18-27)38-28-15-13-26(14-16-28)36-21-31(34)39-30-11-7-24(8-12-30)32(2,3)23-5-9-25(35-4)10-6-23/h5-20H,21H2,1-4H3. The van der Waals surface area contributed by atoms with Gasteiger partial charge in [-0.15, -0.1) is 0 Å². The first-order valence-electron chi connectivity index (χ1n) is 12.4. The summed E-state index contributed by atoms with van der Waals surface area (Å²) in [6.07, 6.45) is 0. The molecule has 0 aliphatic rings. The third-order valence-electron chi connectivity index (χ3n) is 6.12. The Morgan fingerprint density at radius 3 is 1.49 bits per heavy atom. The minimum absolute atomic E-state index is 0.235. The fourth-order valence-electron chi connectivity index (χ4n) is 3.90. The first-order valence-corrected chi connectivity index (χ1v) is 12.4. The van der Waals surface area contributed by atoms with Crippen molar-refractivity contribution in [1.82, 2.24) is 0 Å². The van der Waals surface area contributed by atoms with Gasteiger partial charge in [0.1, 0.15) is 34.5 Å². The number of rotatable bonds is 10. The molecule has 4 aromatic carbocycles. The first-order chi connectivity index (χ1) is 18.7. The Labute approximate surface area is 227 Å². The zero-order valence-electron chi connectivity index (χ0n) is 22.3. The van der Waals surface area contributed by atoms with Crippen molar-refractivity contribution in [2.24, 2.45) is 0 Å². The third kappa shape index (κ3) is 7.38. The molecule has 0 bridgehead atoms. The zero-order valence-corrected chi connectivity index (χ0v) is 22.3. The maximum atomic E-state index is 12.3. The van der Waals surface area contributed by atoms with Crippen LogP contribution in [-0.4, -0.2) is 25.7 Å². The maximum Gasteiger partial charge on any atom is 0.349 e. The SMILES string of the molecule is COc1ccc(C(C)(C)c2ccc(OC(=O)COc3ccc(Oc4ccc(OC(C)=O)cc4)cc3)cc2)cc1. The van der Waals surface area contributed by atoms with Crippen molar-refractivity contribution in [2.75, 3.05) is 13.7 Å². The van der Waals surface area contributed by atoms with Gasteiger partial charge in [0, 0.05) is 12.3 Å². The highest BCUT2D eigenvalue weighted by Crippen LogP contribution is 2.33. The Balaban J connectivity index is 1.27. The van der Waals surface area contributed by atoms with Crippen LogP contribution in [0.25, 0.3) is 0 Å². The molecule has 200 valence electrons. The van der Waals surface area contributed by atoms with Crippen LogP contribution in [0.1, 0.15) is 31.9 Å². The first kappa shape index (κ1) is 27.3. The summed E-state index contributed by atoms with van der Waals surface area (Å²) in [6.45, 7) is 5.39. The summed E-state index contributed by atoms with van der Waals surface area (Å²) >= 11 is 0. The van der Waals surface area contributed by atoms with E-state index in [2.05, 4.69) is 13.8 Å². The summed E-state index contributed by atoms with van der Waals surface area (Å²) < 4.78 is 27.0. The number of methoxy groups -OCH3 is 1. The number of benzene rings is 4. The van der Waals surface area contributed by atoms with Gasteiger partial charge in [0.05, 0.1) is 7.11 Å². The average Bonchev–Trinajstić information content (AvgIpc) is 2.94. The van der Waals surface area contributed by atoms with Crippen molar-refractivity contribution < 1.29 is 33.3 Å². The molecular weight excluding hydrogens is 496 g/mol. The molecular formula is C32H30O7. The van der Waals surface area contributed by atoms with E-state index in [4.69, 9.17) is 23.7 Å². The molecule has 0 atom stereocenters. The molecule has 0 saturated heterocycles. The normalized spacial score (nSPS) is 10.9. The van der Waals surface area contributed by atoms with Crippen molar-refractivity contribution in [3.05, 3.63) is 108 Å². The van der Waals surface area contributed by atoms with Gasteiger partial charge in [-0.05, 0) is 83.9 Å². The fraction of sp³-hybridized carbons (Fsp3) is 0.188. The monoisotopic (exact) mass is 526 g/mol. The summed E-state index contributed by atoms with van der Waals surface area (Å²) in [5.74, 6) is 2.48. The molecule has 0 aliphatic heterocycles. The van der Waals surface area contributed by atoms with Crippen LogP contribution in [0, 0.1) is 0 Å². The second kappa shape index (κ2) is 12.2. The van der Waals surface area contributed by atoms with Gasteiger partial charge >= 0.3 is 11.9 Å². The molecule has 0 fully saturated rings. The average molecular weight is 527 g/mol. The van der Waals surface area contributed by atoms with Crippen molar-refractivity contribution in [3.63, 3.8) is 0 Å². The second-order valence-electron chi connectivity index (χ2n) is 9.28. The van der Waals surface area contributed by atoms with Crippen LogP contribution in [0.2, 0.25) is 0 Å². The lowest BCUT2D eigenvalue weighted by Crippen LogP contribution is -2.19. The molecule has 0 spiro atoms. The molecule has 7 nitrogen and oxygen atoms in total. The fourth-order valence-corrected chi connectivity index (χ4v) is 3.90. The Kier molecular flexibility index (Phi) is 8.51. The molecule has 0 radical (unpaired) electrons. The lowest BCUT2D eigenvalue weighted by Gasteiger charge is -2.26. The Bertz CT molecular complexity index is 1390. The van der Waals surface area contributed by atoms with Gasteiger partial charge in [0.2, 0.25) is 0 Å². The van der Waals surface area contributed by atoms with Crippen LogP contribution in [0.15, 0.2) is 97.1 Å². The molecule has 0 heterocycles. The third-order valence-corrected chi connectivity index (χ3v) is 6.12. The van der Waals surface area contributed by atoms with Crippen LogP contribution < -0.4 is 23.7 Å². The lowest BCUT2D eigenvalue weighted by atomic mass is 9.78. The van der Waals surface area contributed by atoms with E-state index >= 15 is 0 Å². The quantitative estimate of drug-likeness (QED) is 0.168. The van der Waals surface area contributed by atoms with E-state index in [9.17, 15) is 9.59 Å². The van der Waals surface area contributed by atoms with E-state index < -0.39 is 5.97 Å². The van der Waals surface area contributed by atoms with Crippen molar-refractivity contribution in [1.29, 1.82) is 0 Å². The number of carbonyl (C=O) groups excluding carboxylic acids is 2. The van der Waals surface area contributed by atoms with Gasteiger partial charge in [-0.1, -0.05) is 38.1 Å². The molecule has 39 heavy (non-hydrogen) atoms. The minimum atomic E-state index is -0.509. The van der Waals surface area contributed by atoms with Crippen molar-refractivity contribution in [3.8, 4) is 34.5 Å². The Morgan fingerprint density at radius 1 is 0.590 bits per heavy atom. The van der Waals surface area contributed by atoms with E-state index in [1.54, 1.807) is 67.8 Å². The largest absolute Gasteiger partial charge is 0.497 e. The molecule has 4 rings (SSSR count). The smallest absolute Gasteiger partial charge is 0.349 e. The number of ether oxygens (including phenoxy) is 5. The summed E-state index contributed by atoms with van der Waals surface area (Å²) in [5.41, 5.74) is 2.00.